The first-order valence-electron chi connectivity index (χ1n) is 8.19. The number of alkyl halides is 2. The Hall–Kier alpha value is -2.53. The van der Waals surface area contributed by atoms with E-state index in [1.165, 1.54) is 0 Å². The first-order chi connectivity index (χ1) is 12.0. The Morgan fingerprint density at radius 3 is 2.08 bits per heavy atom. The molecule has 1 aliphatic rings. The van der Waals surface area contributed by atoms with Gasteiger partial charge in [-0.1, -0.05) is 48.5 Å². The van der Waals surface area contributed by atoms with Crippen LogP contribution in [0.25, 0.3) is 21.5 Å². The van der Waals surface area contributed by atoms with E-state index < -0.39 is 23.7 Å². The number of halogens is 2. The van der Waals surface area contributed by atoms with E-state index in [4.69, 9.17) is 10.5 Å². The lowest BCUT2D eigenvalue weighted by Gasteiger charge is -2.11. The van der Waals surface area contributed by atoms with Crippen molar-refractivity contribution < 1.29 is 18.3 Å². The summed E-state index contributed by atoms with van der Waals surface area (Å²) in [6, 6.07) is 17.0. The first-order valence-corrected chi connectivity index (χ1v) is 8.19. The van der Waals surface area contributed by atoms with E-state index in [-0.39, 0.29) is 13.2 Å². The number of fused-ring (bicyclic) bond motifs is 2. The van der Waals surface area contributed by atoms with Gasteiger partial charge in [0.05, 0.1) is 11.5 Å². The number of benzene rings is 3. The lowest BCUT2D eigenvalue weighted by Crippen LogP contribution is -2.11. The van der Waals surface area contributed by atoms with E-state index in [0.29, 0.717) is 5.56 Å². The maximum Gasteiger partial charge on any atom is 0.339 e. The molecular formula is C20H17F2NO2. The van der Waals surface area contributed by atoms with E-state index in [0.717, 1.165) is 21.5 Å². The van der Waals surface area contributed by atoms with Crippen LogP contribution in [0.15, 0.2) is 54.6 Å². The van der Waals surface area contributed by atoms with Gasteiger partial charge in [0, 0.05) is 12.5 Å². The maximum atomic E-state index is 13.5. The number of esters is 1. The Balaban J connectivity index is 1.70. The van der Waals surface area contributed by atoms with Gasteiger partial charge in [0.25, 0.3) is 5.92 Å². The molecule has 4 rings (SSSR count). The molecule has 0 aromatic heterocycles. The fourth-order valence-corrected chi connectivity index (χ4v) is 3.48. The predicted molar refractivity (Wildman–Crippen MR) is 92.7 cm³/mol. The molecule has 3 aromatic rings. The summed E-state index contributed by atoms with van der Waals surface area (Å²) in [5.74, 6) is -5.30. The van der Waals surface area contributed by atoms with Crippen molar-refractivity contribution in [3.8, 4) is 0 Å². The van der Waals surface area contributed by atoms with Crippen LogP contribution in [0.4, 0.5) is 8.78 Å². The van der Waals surface area contributed by atoms with Crippen molar-refractivity contribution in [1.82, 2.24) is 0 Å². The molecule has 3 aromatic carbocycles. The number of hydrogen-bond acceptors (Lipinski definition) is 3. The van der Waals surface area contributed by atoms with Crippen LogP contribution in [0.5, 0.6) is 0 Å². The van der Waals surface area contributed by atoms with Crippen LogP contribution in [0.3, 0.4) is 0 Å². The third-order valence-electron chi connectivity index (χ3n) is 4.99. The molecule has 25 heavy (non-hydrogen) atoms. The molecule has 128 valence electrons. The van der Waals surface area contributed by atoms with Gasteiger partial charge in [-0.15, -0.1) is 0 Å². The average Bonchev–Trinajstić information content (AvgIpc) is 3.16. The smallest absolute Gasteiger partial charge is 0.339 e. The second-order valence-electron chi connectivity index (χ2n) is 6.42. The minimum atomic E-state index is -2.84. The van der Waals surface area contributed by atoms with Gasteiger partial charge in [0.15, 0.2) is 0 Å². The zero-order valence-corrected chi connectivity index (χ0v) is 13.4. The minimum absolute atomic E-state index is 0.105. The van der Waals surface area contributed by atoms with Crippen molar-refractivity contribution in [3.05, 3.63) is 60.2 Å². The van der Waals surface area contributed by atoms with Crippen molar-refractivity contribution >= 4 is 27.5 Å². The largest absolute Gasteiger partial charge is 0.462 e. The number of hydrogen-bond donors (Lipinski definition) is 1. The molecule has 0 saturated heterocycles. The lowest BCUT2D eigenvalue weighted by molar-refractivity contribution is 0.0365. The normalized spacial score (nSPS) is 21.4. The number of carbonyl (C=O) groups is 1. The molecule has 1 saturated carbocycles. The van der Waals surface area contributed by atoms with Crippen LogP contribution >= 0.6 is 0 Å². The van der Waals surface area contributed by atoms with E-state index in [9.17, 15) is 13.6 Å². The fraction of sp³-hybridized carbons (Fsp3) is 0.250. The topological polar surface area (TPSA) is 52.3 Å². The number of rotatable bonds is 4. The maximum absolute atomic E-state index is 13.5. The van der Waals surface area contributed by atoms with Crippen LogP contribution in [-0.4, -0.2) is 25.0 Å². The van der Waals surface area contributed by atoms with Crippen molar-refractivity contribution in [2.45, 2.75) is 5.92 Å². The van der Waals surface area contributed by atoms with Gasteiger partial charge in [0.2, 0.25) is 0 Å². The van der Waals surface area contributed by atoms with Crippen molar-refractivity contribution in [1.29, 1.82) is 0 Å². The molecule has 0 unspecified atom stereocenters. The fourth-order valence-electron chi connectivity index (χ4n) is 3.48. The third-order valence-corrected chi connectivity index (χ3v) is 4.99. The molecule has 0 spiro atoms. The highest BCUT2D eigenvalue weighted by Gasteiger charge is 2.67. The van der Waals surface area contributed by atoms with Crippen molar-refractivity contribution in [2.24, 2.45) is 17.6 Å². The molecule has 5 heteroatoms. The zero-order chi connectivity index (χ0) is 17.6. The van der Waals surface area contributed by atoms with E-state index in [2.05, 4.69) is 0 Å². The summed E-state index contributed by atoms with van der Waals surface area (Å²) in [5, 5.41) is 3.32. The molecule has 3 nitrogen and oxygen atoms in total. The Kier molecular flexibility index (Phi) is 3.69. The predicted octanol–water partition coefficient (Wildman–Crippen LogP) is 3.99. The van der Waals surface area contributed by atoms with Crippen LogP contribution < -0.4 is 5.73 Å². The molecule has 2 N–H and O–H groups in total. The van der Waals surface area contributed by atoms with Gasteiger partial charge in [0.1, 0.15) is 6.61 Å². The number of carbonyl (C=O) groups excluding carboxylic acids is 1. The van der Waals surface area contributed by atoms with Crippen LogP contribution in [0.1, 0.15) is 10.4 Å². The molecule has 0 radical (unpaired) electrons. The molecule has 0 aliphatic heterocycles. The summed E-state index contributed by atoms with van der Waals surface area (Å²) < 4.78 is 32.4. The van der Waals surface area contributed by atoms with E-state index in [1.807, 2.05) is 54.6 Å². The molecular weight excluding hydrogens is 324 g/mol. The highest BCUT2D eigenvalue weighted by Crippen LogP contribution is 2.54. The summed E-state index contributed by atoms with van der Waals surface area (Å²) in [7, 11) is 0. The zero-order valence-electron chi connectivity index (χ0n) is 13.4. The highest BCUT2D eigenvalue weighted by molar-refractivity contribution is 6.16. The SMILES string of the molecule is NC[C@@H]1[C@@H](COC(=O)c2c3ccccc3cc3ccccc23)C1(F)F. The van der Waals surface area contributed by atoms with Crippen LogP contribution in [0, 0.1) is 11.8 Å². The summed E-state index contributed by atoms with van der Waals surface area (Å²) in [6.07, 6.45) is 0. The van der Waals surface area contributed by atoms with E-state index in [1.54, 1.807) is 0 Å². The Morgan fingerprint density at radius 2 is 1.56 bits per heavy atom. The van der Waals surface area contributed by atoms with Gasteiger partial charge in [-0.05, 0) is 27.6 Å². The minimum Gasteiger partial charge on any atom is -0.462 e. The van der Waals surface area contributed by atoms with E-state index >= 15 is 0 Å². The average molecular weight is 341 g/mol. The van der Waals surface area contributed by atoms with Gasteiger partial charge >= 0.3 is 5.97 Å². The quantitative estimate of drug-likeness (QED) is 0.577. The van der Waals surface area contributed by atoms with Gasteiger partial charge in [-0.2, -0.15) is 0 Å². The summed E-state index contributed by atoms with van der Waals surface area (Å²) >= 11 is 0. The van der Waals surface area contributed by atoms with Gasteiger partial charge in [-0.25, -0.2) is 13.6 Å². The van der Waals surface area contributed by atoms with Gasteiger partial charge < -0.3 is 10.5 Å². The Bertz CT molecular complexity index is 916. The first kappa shape index (κ1) is 16.0. The molecule has 2 atom stereocenters. The summed E-state index contributed by atoms with van der Waals surface area (Å²) in [6.45, 7) is -0.419. The van der Waals surface area contributed by atoms with Crippen LogP contribution in [0.2, 0.25) is 0 Å². The van der Waals surface area contributed by atoms with Crippen molar-refractivity contribution in [3.63, 3.8) is 0 Å². The third kappa shape index (κ3) is 2.55. The molecule has 1 fully saturated rings. The molecule has 0 bridgehead atoms. The summed E-state index contributed by atoms with van der Waals surface area (Å²) in [4.78, 5) is 12.7. The monoisotopic (exact) mass is 341 g/mol. The van der Waals surface area contributed by atoms with Crippen LogP contribution in [-0.2, 0) is 4.74 Å². The lowest BCUT2D eigenvalue weighted by atomic mass is 9.97. The second kappa shape index (κ2) is 5.77. The Labute approximate surface area is 143 Å². The molecule has 0 amide bonds. The number of ether oxygens (including phenoxy) is 1. The Morgan fingerprint density at radius 1 is 1.00 bits per heavy atom. The summed E-state index contributed by atoms with van der Waals surface area (Å²) in [5.41, 5.74) is 5.76. The number of nitrogens with two attached hydrogens (primary N) is 1. The molecule has 1 aliphatic carbocycles. The highest BCUT2D eigenvalue weighted by atomic mass is 19.3. The second-order valence-corrected chi connectivity index (χ2v) is 6.42. The van der Waals surface area contributed by atoms with Gasteiger partial charge in [-0.3, -0.25) is 0 Å². The van der Waals surface area contributed by atoms with Crippen molar-refractivity contribution in [2.75, 3.05) is 13.2 Å². The molecule has 0 heterocycles. The standard InChI is InChI=1S/C20H17F2NO2/c21-20(22)16(10-23)17(20)11-25-19(24)18-14-7-3-1-5-12(14)9-13-6-2-4-8-15(13)18/h1-9,16-17H,10-11,23H2/t16-,17-/m1/s1.